The molecular formula is C7H7FNO-. The van der Waals surface area contributed by atoms with Crippen molar-refractivity contribution >= 4 is 0 Å². The highest BCUT2D eigenvalue weighted by Gasteiger charge is 1.94. The van der Waals surface area contributed by atoms with Gasteiger partial charge >= 0.3 is 0 Å². The average Bonchev–Trinajstić information content (AvgIpc) is 1.88. The summed E-state index contributed by atoms with van der Waals surface area (Å²) in [6, 6.07) is 0. The lowest BCUT2D eigenvalue weighted by Gasteiger charge is -2.12. The molecule has 0 atom stereocenters. The summed E-state index contributed by atoms with van der Waals surface area (Å²) in [5.41, 5.74) is 5.29. The highest BCUT2D eigenvalue weighted by molar-refractivity contribution is 5.41. The molecule has 2 nitrogen and oxygen atoms in total. The van der Waals surface area contributed by atoms with Crippen molar-refractivity contribution in [1.82, 2.24) is 0 Å². The third-order valence-electron chi connectivity index (χ3n) is 1.12. The summed E-state index contributed by atoms with van der Waals surface area (Å²) in [4.78, 5) is 0. The summed E-state index contributed by atoms with van der Waals surface area (Å²) >= 11 is 0. The zero-order valence-electron chi connectivity index (χ0n) is 5.21. The first-order valence-corrected chi connectivity index (χ1v) is 2.77. The Labute approximate surface area is 58.2 Å². The van der Waals surface area contributed by atoms with Crippen molar-refractivity contribution in [3.63, 3.8) is 0 Å². The molecule has 10 heavy (non-hydrogen) atoms. The molecule has 0 aliphatic heterocycles. The number of hydrogen-bond donors (Lipinski definition) is 2. The molecule has 0 fully saturated rings. The molecule has 0 heterocycles. The fraction of sp³-hybridized carbons (Fsp3) is 0. The first-order chi connectivity index (χ1) is 4.70. The Kier molecular flexibility index (Phi) is 1.67. The van der Waals surface area contributed by atoms with E-state index in [1.54, 1.807) is 0 Å². The van der Waals surface area contributed by atoms with Gasteiger partial charge in [-0.3, -0.25) is 0 Å². The SMILES string of the molecule is N/C(O)=C1\C=C(F)C=C[CH-]1. The predicted octanol–water partition coefficient (Wildman–Crippen LogP) is 1.34. The van der Waals surface area contributed by atoms with Gasteiger partial charge in [-0.1, -0.05) is 5.57 Å². The lowest BCUT2D eigenvalue weighted by molar-refractivity contribution is 0.401. The Balaban J connectivity index is 2.89. The van der Waals surface area contributed by atoms with Gasteiger partial charge in [-0.05, 0) is 0 Å². The molecule has 0 radical (unpaired) electrons. The zero-order valence-corrected chi connectivity index (χ0v) is 5.21. The number of halogens is 1. The molecule has 0 aromatic heterocycles. The molecule has 1 aliphatic rings. The molecule has 0 aromatic carbocycles. The van der Waals surface area contributed by atoms with Gasteiger partial charge in [0.05, 0.1) is 0 Å². The van der Waals surface area contributed by atoms with E-state index < -0.39 is 5.83 Å². The lowest BCUT2D eigenvalue weighted by atomic mass is 10.1. The number of hydrogen-bond acceptors (Lipinski definition) is 2. The molecule has 0 unspecified atom stereocenters. The van der Waals surface area contributed by atoms with Gasteiger partial charge in [-0.15, -0.1) is 24.6 Å². The first kappa shape index (κ1) is 6.74. The van der Waals surface area contributed by atoms with E-state index in [0.717, 1.165) is 6.08 Å². The van der Waals surface area contributed by atoms with Gasteiger partial charge in [-0.2, -0.15) is 0 Å². The highest BCUT2D eigenvalue weighted by Crippen LogP contribution is 2.15. The van der Waals surface area contributed by atoms with E-state index in [0.29, 0.717) is 5.57 Å². The molecule has 0 saturated heterocycles. The lowest BCUT2D eigenvalue weighted by Crippen LogP contribution is -2.01. The van der Waals surface area contributed by atoms with Crippen molar-refractivity contribution < 1.29 is 9.50 Å². The van der Waals surface area contributed by atoms with E-state index in [1.807, 2.05) is 0 Å². The van der Waals surface area contributed by atoms with E-state index in [2.05, 4.69) is 0 Å². The van der Waals surface area contributed by atoms with Gasteiger partial charge in [0.25, 0.3) is 0 Å². The molecule has 0 saturated carbocycles. The average molecular weight is 140 g/mol. The zero-order chi connectivity index (χ0) is 7.56. The summed E-state index contributed by atoms with van der Waals surface area (Å²) in [7, 11) is 0. The van der Waals surface area contributed by atoms with E-state index in [9.17, 15) is 4.39 Å². The van der Waals surface area contributed by atoms with Crippen LogP contribution in [0.4, 0.5) is 4.39 Å². The number of aliphatic hydroxyl groups excluding tert-OH is 1. The van der Waals surface area contributed by atoms with E-state index >= 15 is 0 Å². The van der Waals surface area contributed by atoms with Crippen LogP contribution in [0, 0.1) is 6.42 Å². The van der Waals surface area contributed by atoms with Crippen molar-refractivity contribution in [3.05, 3.63) is 41.9 Å². The molecule has 0 amide bonds. The number of rotatable bonds is 0. The monoisotopic (exact) mass is 140 g/mol. The normalized spacial score (nSPS) is 21.5. The Morgan fingerprint density at radius 1 is 1.70 bits per heavy atom. The summed E-state index contributed by atoms with van der Waals surface area (Å²) in [6.07, 6.45) is 5.45. The van der Waals surface area contributed by atoms with Crippen LogP contribution in [-0.4, -0.2) is 5.11 Å². The van der Waals surface area contributed by atoms with E-state index in [4.69, 9.17) is 10.8 Å². The van der Waals surface area contributed by atoms with Crippen LogP contribution in [0.2, 0.25) is 0 Å². The third-order valence-corrected chi connectivity index (χ3v) is 1.12. The maximum absolute atomic E-state index is 12.3. The molecule has 0 spiro atoms. The van der Waals surface area contributed by atoms with Gasteiger partial charge in [0, 0.05) is 5.83 Å². The van der Waals surface area contributed by atoms with Gasteiger partial charge in [0.2, 0.25) is 0 Å². The van der Waals surface area contributed by atoms with Crippen LogP contribution in [-0.2, 0) is 0 Å². The second kappa shape index (κ2) is 2.47. The molecule has 3 N–H and O–H groups in total. The van der Waals surface area contributed by atoms with Crippen molar-refractivity contribution in [2.45, 2.75) is 0 Å². The van der Waals surface area contributed by atoms with Crippen molar-refractivity contribution in [3.8, 4) is 0 Å². The Morgan fingerprint density at radius 2 is 2.40 bits per heavy atom. The molecule has 54 valence electrons. The summed E-state index contributed by atoms with van der Waals surface area (Å²) in [5.74, 6) is -0.769. The van der Waals surface area contributed by atoms with Crippen LogP contribution >= 0.6 is 0 Å². The molecule has 1 rings (SSSR count). The van der Waals surface area contributed by atoms with Crippen LogP contribution in [0.15, 0.2) is 35.5 Å². The predicted molar refractivity (Wildman–Crippen MR) is 36.5 cm³/mol. The molecule has 0 aromatic rings. The first-order valence-electron chi connectivity index (χ1n) is 2.77. The Morgan fingerprint density at radius 3 is 2.80 bits per heavy atom. The number of aliphatic hydroxyl groups is 1. The minimum atomic E-state index is -0.408. The Bertz CT molecular complexity index is 224. The van der Waals surface area contributed by atoms with Gasteiger partial charge in [-0.25, -0.2) is 4.39 Å². The topological polar surface area (TPSA) is 46.2 Å². The third kappa shape index (κ3) is 1.31. The summed E-state index contributed by atoms with van der Waals surface area (Å²) in [6.45, 7) is 0. The van der Waals surface area contributed by atoms with Crippen LogP contribution in [0.5, 0.6) is 0 Å². The molecule has 3 heteroatoms. The standard InChI is InChI=1S/C7H7FNO/c8-6-3-1-2-5(4-6)7(9)10/h1-4,10H,9H2/q-1/b7-5+. The molecular weight excluding hydrogens is 133 g/mol. The van der Waals surface area contributed by atoms with Crippen molar-refractivity contribution in [1.29, 1.82) is 0 Å². The quantitative estimate of drug-likeness (QED) is 0.394. The maximum Gasteiger partial charge on any atom is 0.103 e. The number of allylic oxidation sites excluding steroid dienone is 5. The van der Waals surface area contributed by atoms with Gasteiger partial charge in [0.15, 0.2) is 0 Å². The van der Waals surface area contributed by atoms with E-state index in [1.165, 1.54) is 18.6 Å². The van der Waals surface area contributed by atoms with Crippen molar-refractivity contribution in [2.24, 2.45) is 5.73 Å². The molecule has 0 bridgehead atoms. The summed E-state index contributed by atoms with van der Waals surface area (Å²) in [5, 5.41) is 8.68. The maximum atomic E-state index is 12.3. The van der Waals surface area contributed by atoms with Gasteiger partial charge in [0.1, 0.15) is 5.88 Å². The summed E-state index contributed by atoms with van der Waals surface area (Å²) < 4.78 is 12.3. The van der Waals surface area contributed by atoms with Crippen LogP contribution in [0.1, 0.15) is 0 Å². The largest absolute Gasteiger partial charge is 0.537 e. The fourth-order valence-corrected chi connectivity index (χ4v) is 0.648. The van der Waals surface area contributed by atoms with Gasteiger partial charge < -0.3 is 10.8 Å². The minimum Gasteiger partial charge on any atom is -0.537 e. The smallest absolute Gasteiger partial charge is 0.103 e. The van der Waals surface area contributed by atoms with Crippen LogP contribution in [0.3, 0.4) is 0 Å². The second-order valence-electron chi connectivity index (χ2n) is 1.90. The highest BCUT2D eigenvalue weighted by atomic mass is 19.1. The van der Waals surface area contributed by atoms with Crippen LogP contribution in [0.25, 0.3) is 0 Å². The Hall–Kier alpha value is -1.38. The molecule has 1 aliphatic carbocycles. The van der Waals surface area contributed by atoms with Crippen LogP contribution < -0.4 is 5.73 Å². The second-order valence-corrected chi connectivity index (χ2v) is 1.90. The van der Waals surface area contributed by atoms with Crippen molar-refractivity contribution in [2.75, 3.05) is 0 Å². The minimum absolute atomic E-state index is 0.306. The van der Waals surface area contributed by atoms with E-state index in [-0.39, 0.29) is 5.88 Å². The fourth-order valence-electron chi connectivity index (χ4n) is 0.648. The number of nitrogens with two attached hydrogens (primary N) is 1.